The van der Waals surface area contributed by atoms with E-state index in [4.69, 9.17) is 4.74 Å². The number of hydrogen-bond acceptors (Lipinski definition) is 4. The number of rotatable bonds is 4. The van der Waals surface area contributed by atoms with Crippen molar-refractivity contribution in [1.29, 1.82) is 0 Å². The lowest BCUT2D eigenvalue weighted by Crippen LogP contribution is -2.34. The van der Waals surface area contributed by atoms with Crippen LogP contribution in [-0.2, 0) is 14.3 Å². The fraction of sp³-hybridized carbons (Fsp3) is 0.421. The van der Waals surface area contributed by atoms with E-state index in [-0.39, 0.29) is 30.3 Å². The van der Waals surface area contributed by atoms with Gasteiger partial charge in [0, 0.05) is 37.7 Å². The molecule has 1 aromatic carbocycles. The van der Waals surface area contributed by atoms with Gasteiger partial charge in [0.2, 0.25) is 11.8 Å². The van der Waals surface area contributed by atoms with Crippen molar-refractivity contribution in [1.82, 2.24) is 9.88 Å². The summed E-state index contributed by atoms with van der Waals surface area (Å²) in [5, 5.41) is 3.92. The Kier molecular flexibility index (Phi) is 4.36. The van der Waals surface area contributed by atoms with E-state index >= 15 is 0 Å². The fourth-order valence-electron chi connectivity index (χ4n) is 3.60. The Bertz CT molecular complexity index is 796. The lowest BCUT2D eigenvalue weighted by molar-refractivity contribution is -0.129. The summed E-state index contributed by atoms with van der Waals surface area (Å²) >= 11 is 0. The highest BCUT2D eigenvalue weighted by atomic mass is 16.5. The van der Waals surface area contributed by atoms with E-state index < -0.39 is 0 Å². The molecule has 0 aliphatic carbocycles. The number of fused-ring (bicyclic) bond motifs is 1. The first-order chi connectivity index (χ1) is 12.2. The van der Waals surface area contributed by atoms with Gasteiger partial charge < -0.3 is 15.0 Å². The molecule has 0 bridgehead atoms. The van der Waals surface area contributed by atoms with E-state index in [2.05, 4.69) is 10.3 Å². The Morgan fingerprint density at radius 3 is 3.04 bits per heavy atom. The summed E-state index contributed by atoms with van der Waals surface area (Å²) in [5.74, 6) is -0.416. The quantitative estimate of drug-likeness (QED) is 0.927. The SMILES string of the molecule is O=C(Nc1cccc2cccnc12)C1CC(=O)N(CC2CCCO2)C1. The van der Waals surface area contributed by atoms with Gasteiger partial charge in [-0.05, 0) is 25.0 Å². The monoisotopic (exact) mass is 339 g/mol. The predicted octanol–water partition coefficient (Wildman–Crippen LogP) is 2.20. The Morgan fingerprint density at radius 2 is 2.20 bits per heavy atom. The van der Waals surface area contributed by atoms with Gasteiger partial charge in [-0.3, -0.25) is 14.6 Å². The number of nitrogens with one attached hydrogen (secondary N) is 1. The average molecular weight is 339 g/mol. The highest BCUT2D eigenvalue weighted by Crippen LogP contribution is 2.25. The number of benzene rings is 1. The summed E-state index contributed by atoms with van der Waals surface area (Å²) < 4.78 is 5.60. The van der Waals surface area contributed by atoms with Crippen LogP contribution in [0.5, 0.6) is 0 Å². The molecular weight excluding hydrogens is 318 g/mol. The van der Waals surface area contributed by atoms with Crippen molar-refractivity contribution in [2.75, 3.05) is 25.0 Å². The molecule has 2 unspecified atom stereocenters. The Balaban J connectivity index is 1.43. The zero-order valence-corrected chi connectivity index (χ0v) is 14.0. The fourth-order valence-corrected chi connectivity index (χ4v) is 3.60. The molecule has 2 aromatic rings. The molecule has 4 rings (SSSR count). The number of anilines is 1. The molecule has 1 aromatic heterocycles. The van der Waals surface area contributed by atoms with Gasteiger partial charge in [-0.2, -0.15) is 0 Å². The third-order valence-corrected chi connectivity index (χ3v) is 4.92. The molecule has 2 aliphatic heterocycles. The molecular formula is C19H21N3O3. The van der Waals surface area contributed by atoms with Gasteiger partial charge in [-0.25, -0.2) is 0 Å². The molecule has 2 fully saturated rings. The van der Waals surface area contributed by atoms with Crippen molar-refractivity contribution in [2.24, 2.45) is 5.92 Å². The third-order valence-electron chi connectivity index (χ3n) is 4.92. The molecule has 3 heterocycles. The molecule has 0 spiro atoms. The van der Waals surface area contributed by atoms with Crippen LogP contribution in [0.4, 0.5) is 5.69 Å². The first-order valence-electron chi connectivity index (χ1n) is 8.75. The number of carbonyl (C=O) groups excluding carboxylic acids is 2. The molecule has 2 amide bonds. The third kappa shape index (κ3) is 3.35. The molecule has 130 valence electrons. The van der Waals surface area contributed by atoms with Gasteiger partial charge >= 0.3 is 0 Å². The summed E-state index contributed by atoms with van der Waals surface area (Å²) in [7, 11) is 0. The van der Waals surface area contributed by atoms with Crippen LogP contribution in [0.2, 0.25) is 0 Å². The molecule has 6 nitrogen and oxygen atoms in total. The predicted molar refractivity (Wildman–Crippen MR) is 94.0 cm³/mol. The second-order valence-corrected chi connectivity index (χ2v) is 6.70. The number of hydrogen-bond donors (Lipinski definition) is 1. The summed E-state index contributed by atoms with van der Waals surface area (Å²) in [6, 6.07) is 9.52. The molecule has 2 saturated heterocycles. The van der Waals surface area contributed by atoms with Crippen molar-refractivity contribution in [3.05, 3.63) is 36.5 Å². The van der Waals surface area contributed by atoms with Crippen LogP contribution in [0.1, 0.15) is 19.3 Å². The topological polar surface area (TPSA) is 71.5 Å². The van der Waals surface area contributed by atoms with Gasteiger partial charge in [-0.15, -0.1) is 0 Å². The normalized spacial score (nSPS) is 23.4. The second-order valence-electron chi connectivity index (χ2n) is 6.70. The number of ether oxygens (including phenoxy) is 1. The first kappa shape index (κ1) is 16.0. The van der Waals surface area contributed by atoms with Gasteiger partial charge in [-0.1, -0.05) is 18.2 Å². The van der Waals surface area contributed by atoms with Crippen molar-refractivity contribution >= 4 is 28.4 Å². The van der Waals surface area contributed by atoms with Crippen LogP contribution >= 0.6 is 0 Å². The van der Waals surface area contributed by atoms with Gasteiger partial charge in [0.15, 0.2) is 0 Å². The molecule has 0 saturated carbocycles. The highest BCUT2D eigenvalue weighted by Gasteiger charge is 2.36. The number of aromatic nitrogens is 1. The van der Waals surface area contributed by atoms with Crippen molar-refractivity contribution in [3.8, 4) is 0 Å². The van der Waals surface area contributed by atoms with Gasteiger partial charge in [0.25, 0.3) is 0 Å². The van der Waals surface area contributed by atoms with Crippen LogP contribution in [0.3, 0.4) is 0 Å². The van der Waals surface area contributed by atoms with Crippen molar-refractivity contribution in [3.63, 3.8) is 0 Å². The minimum absolute atomic E-state index is 0.0340. The summed E-state index contributed by atoms with van der Waals surface area (Å²) in [6.07, 6.45) is 4.12. The standard InChI is InChI=1S/C19H21N3O3/c23-17-10-14(11-22(17)12-15-6-3-9-25-15)19(24)21-16-7-1-4-13-5-2-8-20-18(13)16/h1-2,4-5,7-8,14-15H,3,6,9-12H2,(H,21,24). The molecule has 25 heavy (non-hydrogen) atoms. The Morgan fingerprint density at radius 1 is 1.32 bits per heavy atom. The van der Waals surface area contributed by atoms with Gasteiger partial charge in [0.05, 0.1) is 23.2 Å². The molecule has 0 radical (unpaired) electrons. The highest BCUT2D eigenvalue weighted by molar-refractivity contribution is 6.02. The number of likely N-dealkylation sites (tertiary alicyclic amines) is 1. The maximum atomic E-state index is 12.6. The molecule has 1 N–H and O–H groups in total. The second kappa shape index (κ2) is 6.80. The average Bonchev–Trinajstić information content (AvgIpc) is 3.26. The van der Waals surface area contributed by atoms with E-state index in [9.17, 15) is 9.59 Å². The first-order valence-corrected chi connectivity index (χ1v) is 8.75. The lowest BCUT2D eigenvalue weighted by atomic mass is 10.1. The van der Waals surface area contributed by atoms with E-state index in [1.54, 1.807) is 11.1 Å². The van der Waals surface area contributed by atoms with Gasteiger partial charge in [0.1, 0.15) is 0 Å². The van der Waals surface area contributed by atoms with Crippen LogP contribution < -0.4 is 5.32 Å². The minimum Gasteiger partial charge on any atom is -0.376 e. The minimum atomic E-state index is -0.326. The van der Waals surface area contributed by atoms with Crippen LogP contribution in [-0.4, -0.2) is 47.5 Å². The van der Waals surface area contributed by atoms with Crippen molar-refractivity contribution in [2.45, 2.75) is 25.4 Å². The Hall–Kier alpha value is -2.47. The summed E-state index contributed by atoms with van der Waals surface area (Å²) in [6.45, 7) is 1.83. The van der Waals surface area contributed by atoms with E-state index in [1.165, 1.54) is 0 Å². The van der Waals surface area contributed by atoms with Crippen LogP contribution in [0.15, 0.2) is 36.5 Å². The molecule has 2 atom stereocenters. The molecule has 2 aliphatic rings. The van der Waals surface area contributed by atoms with Crippen molar-refractivity contribution < 1.29 is 14.3 Å². The Labute approximate surface area is 146 Å². The number of pyridine rings is 1. The van der Waals surface area contributed by atoms with E-state index in [0.29, 0.717) is 18.8 Å². The van der Waals surface area contributed by atoms with Crippen LogP contribution in [0.25, 0.3) is 10.9 Å². The summed E-state index contributed by atoms with van der Waals surface area (Å²) in [5.41, 5.74) is 1.45. The maximum absolute atomic E-state index is 12.6. The van der Waals surface area contributed by atoms with Crippen LogP contribution in [0, 0.1) is 5.92 Å². The largest absolute Gasteiger partial charge is 0.376 e. The lowest BCUT2D eigenvalue weighted by Gasteiger charge is -2.20. The smallest absolute Gasteiger partial charge is 0.229 e. The number of carbonyl (C=O) groups is 2. The number of para-hydroxylation sites is 1. The number of nitrogens with zero attached hydrogens (tertiary/aromatic N) is 2. The zero-order chi connectivity index (χ0) is 17.2. The van der Waals surface area contributed by atoms with E-state index in [0.717, 1.165) is 30.4 Å². The van der Waals surface area contributed by atoms with E-state index in [1.807, 2.05) is 30.3 Å². The maximum Gasteiger partial charge on any atom is 0.229 e. The zero-order valence-electron chi connectivity index (χ0n) is 14.0. The molecule has 6 heteroatoms. The summed E-state index contributed by atoms with van der Waals surface area (Å²) in [4.78, 5) is 31.0. The number of amides is 2.